The highest BCUT2D eigenvalue weighted by atomic mass is 16.7. The molecule has 0 saturated carbocycles. The Hall–Kier alpha value is -1.32. The van der Waals surface area contributed by atoms with Crippen LogP contribution in [0.5, 0.6) is 0 Å². The summed E-state index contributed by atoms with van der Waals surface area (Å²) >= 11 is 0. The molecule has 0 atom stereocenters. The first-order valence-electron chi connectivity index (χ1n) is 2.17. The van der Waals surface area contributed by atoms with Gasteiger partial charge in [0, 0.05) is 0 Å². The third-order valence-corrected chi connectivity index (χ3v) is 0.425. The fraction of sp³-hybridized carbons (Fsp3) is 0.200. The molecule has 0 aromatic heterocycles. The number of carbonyl (C=O) groups excluding carboxylic acids is 2. The van der Waals surface area contributed by atoms with Crippen molar-refractivity contribution >= 4 is 12.6 Å². The van der Waals surface area contributed by atoms with Crippen molar-refractivity contribution in [3.05, 3.63) is 12.3 Å². The summed E-state index contributed by atoms with van der Waals surface area (Å²) in [7, 11) is 0. The van der Waals surface area contributed by atoms with Gasteiger partial charge in [-0.3, -0.25) is 0 Å². The zero-order valence-electron chi connectivity index (χ0n) is 4.79. The molecule has 0 aliphatic rings. The predicted molar refractivity (Wildman–Crippen MR) is 28.1 cm³/mol. The third kappa shape index (κ3) is 4.53. The van der Waals surface area contributed by atoms with E-state index in [4.69, 9.17) is 0 Å². The maximum Gasteiger partial charge on any atom is 0.521 e. The zero-order chi connectivity index (χ0) is 7.11. The first-order chi connectivity index (χ1) is 4.31. The van der Waals surface area contributed by atoms with Crippen LogP contribution in [0.25, 0.3) is 0 Å². The van der Waals surface area contributed by atoms with Gasteiger partial charge >= 0.3 is 12.6 Å². The van der Waals surface area contributed by atoms with Gasteiger partial charge in [0.1, 0.15) is 0 Å². The first kappa shape index (κ1) is 7.68. The van der Waals surface area contributed by atoms with Crippen molar-refractivity contribution in [2.24, 2.45) is 0 Å². The lowest BCUT2D eigenvalue weighted by Gasteiger charge is -1.89. The first-order valence-corrected chi connectivity index (χ1v) is 2.17. The molecular weight excluding hydrogens is 124 g/mol. The molecule has 4 nitrogen and oxygen atoms in total. The molecule has 0 N–H and O–H groups in total. The smallest absolute Gasteiger partial charge is 0.403 e. The van der Waals surface area contributed by atoms with E-state index in [-0.39, 0.29) is 0 Å². The van der Waals surface area contributed by atoms with Crippen molar-refractivity contribution in [2.75, 3.05) is 0 Å². The zero-order valence-corrected chi connectivity index (χ0v) is 4.79. The highest BCUT2D eigenvalue weighted by Crippen LogP contribution is 1.82. The average molecular weight is 129 g/mol. The van der Waals surface area contributed by atoms with Crippen molar-refractivity contribution in [2.45, 2.75) is 6.92 Å². The molecule has 0 heterocycles. The Morgan fingerprint density at radius 2 is 2.33 bits per heavy atom. The highest BCUT2D eigenvalue weighted by Gasteiger charge is 1.97. The van der Waals surface area contributed by atoms with E-state index in [1.165, 1.54) is 6.08 Å². The summed E-state index contributed by atoms with van der Waals surface area (Å²) in [5, 5.41) is 0. The molecule has 0 aliphatic heterocycles. The minimum Gasteiger partial charge on any atom is -0.403 e. The molecule has 0 aliphatic carbocycles. The summed E-state index contributed by atoms with van der Waals surface area (Å²) in [5.74, 6) is 0. The van der Waals surface area contributed by atoms with Crippen molar-refractivity contribution < 1.29 is 19.1 Å². The normalized spacial score (nSPS) is 9.00. The molecule has 49 valence electrons. The van der Waals surface area contributed by atoms with Crippen LogP contribution in [0.15, 0.2) is 12.3 Å². The fourth-order valence-corrected chi connectivity index (χ4v) is 0.182. The van der Waals surface area contributed by atoms with E-state index in [0.29, 0.717) is 0 Å². The number of allylic oxidation sites excluding steroid dienone is 1. The Labute approximate surface area is 52.1 Å². The molecule has 0 amide bonds. The summed E-state index contributed by atoms with van der Waals surface area (Å²) in [5.41, 5.74) is 0. The van der Waals surface area contributed by atoms with Gasteiger partial charge < -0.3 is 9.47 Å². The quantitative estimate of drug-likeness (QED) is 0.313. The lowest BCUT2D eigenvalue weighted by Crippen LogP contribution is -2.00. The molecule has 0 bridgehead atoms. The molecule has 0 aromatic rings. The van der Waals surface area contributed by atoms with E-state index >= 15 is 0 Å². The Kier molecular flexibility index (Phi) is 4.12. The van der Waals surface area contributed by atoms with Gasteiger partial charge in [-0.1, -0.05) is 6.08 Å². The second kappa shape index (κ2) is 4.83. The van der Waals surface area contributed by atoms with Crippen molar-refractivity contribution in [3.63, 3.8) is 0 Å². The topological polar surface area (TPSA) is 52.6 Å². The van der Waals surface area contributed by atoms with Gasteiger partial charge in [-0.25, -0.2) is 9.59 Å². The second-order valence-electron chi connectivity index (χ2n) is 1.02. The standard InChI is InChI=1S/C5H5O4/c1-2-3-8-5(7)9-4-6/h2-3H,1H3. The lowest BCUT2D eigenvalue weighted by molar-refractivity contribution is 0.129. The van der Waals surface area contributed by atoms with Gasteiger partial charge in [-0.15, -0.1) is 0 Å². The Morgan fingerprint density at radius 3 is 2.78 bits per heavy atom. The Morgan fingerprint density at radius 1 is 1.67 bits per heavy atom. The van der Waals surface area contributed by atoms with Crippen LogP contribution in [0.1, 0.15) is 6.92 Å². The van der Waals surface area contributed by atoms with E-state index in [2.05, 4.69) is 9.47 Å². The number of ether oxygens (including phenoxy) is 2. The number of hydrogen-bond donors (Lipinski definition) is 0. The van der Waals surface area contributed by atoms with Crippen molar-refractivity contribution in [3.8, 4) is 0 Å². The van der Waals surface area contributed by atoms with Gasteiger partial charge in [0.25, 0.3) is 0 Å². The molecule has 0 spiro atoms. The van der Waals surface area contributed by atoms with E-state index < -0.39 is 6.16 Å². The van der Waals surface area contributed by atoms with Crippen LogP contribution < -0.4 is 0 Å². The van der Waals surface area contributed by atoms with Gasteiger partial charge in [0.05, 0.1) is 6.26 Å². The molecule has 4 heteroatoms. The molecule has 0 aromatic carbocycles. The minimum atomic E-state index is -1.08. The van der Waals surface area contributed by atoms with E-state index in [1.54, 1.807) is 6.92 Å². The second-order valence-corrected chi connectivity index (χ2v) is 1.02. The largest absolute Gasteiger partial charge is 0.521 e. The SMILES string of the molecule is CC=COC(=O)O[C]=O. The van der Waals surface area contributed by atoms with Crippen LogP contribution in [0.4, 0.5) is 4.79 Å². The summed E-state index contributed by atoms with van der Waals surface area (Å²) in [6.07, 6.45) is 1.49. The van der Waals surface area contributed by atoms with Crippen molar-refractivity contribution in [1.29, 1.82) is 0 Å². The minimum absolute atomic E-state index is 0.918. The van der Waals surface area contributed by atoms with Gasteiger partial charge in [-0.2, -0.15) is 0 Å². The van der Waals surface area contributed by atoms with Crippen molar-refractivity contribution in [1.82, 2.24) is 0 Å². The molecule has 0 unspecified atom stereocenters. The maximum absolute atomic E-state index is 10.0. The molecule has 0 rings (SSSR count). The highest BCUT2D eigenvalue weighted by molar-refractivity contribution is 5.69. The summed E-state index contributed by atoms with van der Waals surface area (Å²) in [6.45, 7) is 2.57. The molecule has 1 radical (unpaired) electrons. The Balaban J connectivity index is 3.38. The number of hydrogen-bond acceptors (Lipinski definition) is 4. The van der Waals surface area contributed by atoms with Gasteiger partial charge in [0.2, 0.25) is 0 Å². The van der Waals surface area contributed by atoms with Gasteiger partial charge in [0.15, 0.2) is 0 Å². The van der Waals surface area contributed by atoms with E-state index in [9.17, 15) is 9.59 Å². The summed E-state index contributed by atoms with van der Waals surface area (Å²) in [4.78, 5) is 19.4. The predicted octanol–water partition coefficient (Wildman–Crippen LogP) is 0.740. The fourth-order valence-electron chi connectivity index (χ4n) is 0.182. The number of rotatable bonds is 2. The third-order valence-electron chi connectivity index (χ3n) is 0.425. The Bertz CT molecular complexity index is 127. The molecule has 0 fully saturated rings. The van der Waals surface area contributed by atoms with E-state index in [0.717, 1.165) is 12.7 Å². The lowest BCUT2D eigenvalue weighted by atomic mass is 10.7. The van der Waals surface area contributed by atoms with Crippen LogP contribution in [0, 0.1) is 0 Å². The summed E-state index contributed by atoms with van der Waals surface area (Å²) in [6, 6.07) is 0. The maximum atomic E-state index is 10.0. The monoisotopic (exact) mass is 129 g/mol. The van der Waals surface area contributed by atoms with Crippen LogP contribution >= 0.6 is 0 Å². The molecule has 9 heavy (non-hydrogen) atoms. The molecular formula is C5H5O4. The van der Waals surface area contributed by atoms with E-state index in [1.807, 2.05) is 0 Å². The van der Waals surface area contributed by atoms with Crippen LogP contribution in [0.2, 0.25) is 0 Å². The summed E-state index contributed by atoms with van der Waals surface area (Å²) < 4.78 is 7.75. The van der Waals surface area contributed by atoms with Crippen LogP contribution in [0.3, 0.4) is 0 Å². The van der Waals surface area contributed by atoms with Crippen LogP contribution in [-0.2, 0) is 14.3 Å². The molecule has 0 saturated heterocycles. The van der Waals surface area contributed by atoms with Crippen LogP contribution in [-0.4, -0.2) is 12.6 Å². The average Bonchev–Trinajstić information content (AvgIpc) is 1.85. The number of carbonyl (C=O) groups is 1. The van der Waals surface area contributed by atoms with Gasteiger partial charge in [-0.05, 0) is 6.92 Å².